The van der Waals surface area contributed by atoms with Crippen molar-refractivity contribution in [3.8, 4) is 0 Å². The van der Waals surface area contributed by atoms with E-state index in [9.17, 15) is 18.3 Å². The number of sulfonamides is 1. The predicted octanol–water partition coefficient (Wildman–Crippen LogP) is 0.500. The van der Waals surface area contributed by atoms with E-state index in [1.165, 1.54) is 12.1 Å². The number of hydrogen-bond donors (Lipinski definition) is 2. The molecule has 6 nitrogen and oxygen atoms in total. The molecule has 8 heteroatoms. The van der Waals surface area contributed by atoms with E-state index in [0.29, 0.717) is 0 Å². The third kappa shape index (κ3) is 2.91. The van der Waals surface area contributed by atoms with Crippen LogP contribution in [-0.2, 0) is 14.8 Å². The van der Waals surface area contributed by atoms with Crippen LogP contribution in [0.1, 0.15) is 6.42 Å². The van der Waals surface area contributed by atoms with Crippen molar-refractivity contribution in [1.29, 1.82) is 0 Å². The normalized spacial score (nSPS) is 24.5. The van der Waals surface area contributed by atoms with Gasteiger partial charge in [-0.15, -0.1) is 0 Å². The minimum atomic E-state index is -3.89. The Balaban J connectivity index is 2.38. The van der Waals surface area contributed by atoms with Gasteiger partial charge in [-0.25, -0.2) is 8.42 Å². The van der Waals surface area contributed by atoms with E-state index < -0.39 is 28.1 Å². The van der Waals surface area contributed by atoms with Crippen LogP contribution in [0.3, 0.4) is 0 Å². The number of aliphatic hydroxyl groups is 1. The lowest BCUT2D eigenvalue weighted by molar-refractivity contribution is -0.140. The van der Waals surface area contributed by atoms with Crippen LogP contribution in [0.25, 0.3) is 0 Å². The maximum atomic E-state index is 12.4. The highest BCUT2D eigenvalue weighted by molar-refractivity contribution is 14.1. The van der Waals surface area contributed by atoms with Crippen LogP contribution in [0.15, 0.2) is 29.2 Å². The molecule has 0 saturated carbocycles. The van der Waals surface area contributed by atoms with Crippen molar-refractivity contribution in [3.05, 3.63) is 27.8 Å². The number of aliphatic hydroxyl groups excluding tert-OH is 1. The first-order valence-corrected chi connectivity index (χ1v) is 8.02. The molecule has 1 aromatic carbocycles. The Morgan fingerprint density at radius 1 is 1.32 bits per heavy atom. The first kappa shape index (κ1) is 14.7. The smallest absolute Gasteiger partial charge is 0.322 e. The second-order valence-corrected chi connectivity index (χ2v) is 7.41. The first-order chi connectivity index (χ1) is 8.82. The summed E-state index contributed by atoms with van der Waals surface area (Å²) in [5.74, 6) is -1.24. The van der Waals surface area contributed by atoms with Crippen molar-refractivity contribution >= 4 is 38.6 Å². The number of benzene rings is 1. The molecule has 0 unspecified atom stereocenters. The number of β-amino-alcohol motifs (C(OH)–C–C–N with tert-alkyl or cyclic N) is 1. The van der Waals surface area contributed by atoms with Gasteiger partial charge in [0.2, 0.25) is 10.0 Å². The molecule has 2 N–H and O–H groups in total. The molecule has 0 radical (unpaired) electrons. The minimum Gasteiger partial charge on any atom is -0.480 e. The van der Waals surface area contributed by atoms with Crippen molar-refractivity contribution < 1.29 is 23.4 Å². The first-order valence-electron chi connectivity index (χ1n) is 5.50. The Hall–Kier alpha value is -0.710. The van der Waals surface area contributed by atoms with Gasteiger partial charge in [0, 0.05) is 16.5 Å². The Morgan fingerprint density at radius 3 is 2.42 bits per heavy atom. The summed E-state index contributed by atoms with van der Waals surface area (Å²) >= 11 is 2.05. The van der Waals surface area contributed by atoms with Crippen LogP contribution in [-0.4, -0.2) is 47.6 Å². The van der Waals surface area contributed by atoms with Gasteiger partial charge in [0.15, 0.2) is 0 Å². The molecule has 1 saturated heterocycles. The largest absolute Gasteiger partial charge is 0.480 e. The van der Waals surface area contributed by atoms with Gasteiger partial charge in [0.25, 0.3) is 0 Å². The molecule has 1 heterocycles. The molecule has 2 rings (SSSR count). The lowest BCUT2D eigenvalue weighted by Gasteiger charge is -2.20. The van der Waals surface area contributed by atoms with Gasteiger partial charge in [-0.2, -0.15) is 4.31 Å². The molecule has 0 amide bonds. The molecule has 1 aromatic rings. The van der Waals surface area contributed by atoms with E-state index in [-0.39, 0.29) is 17.9 Å². The SMILES string of the molecule is O=C(O)[C@@H]1C[C@@H](O)CN1S(=O)(=O)c1ccc(I)cc1. The molecule has 0 aliphatic carbocycles. The zero-order valence-electron chi connectivity index (χ0n) is 9.73. The number of aliphatic carboxylic acids is 1. The van der Waals surface area contributed by atoms with Crippen LogP contribution < -0.4 is 0 Å². The summed E-state index contributed by atoms with van der Waals surface area (Å²) in [5, 5.41) is 18.5. The van der Waals surface area contributed by atoms with Crippen molar-refractivity contribution in [2.75, 3.05) is 6.54 Å². The fraction of sp³-hybridized carbons (Fsp3) is 0.364. The summed E-state index contributed by atoms with van der Waals surface area (Å²) in [5.41, 5.74) is 0. The van der Waals surface area contributed by atoms with Crippen molar-refractivity contribution in [1.82, 2.24) is 4.31 Å². The van der Waals surface area contributed by atoms with E-state index in [1.807, 2.05) is 22.6 Å². The quantitative estimate of drug-likeness (QED) is 0.725. The van der Waals surface area contributed by atoms with Gasteiger partial charge in [-0.1, -0.05) is 0 Å². The molecule has 0 bridgehead atoms. The van der Waals surface area contributed by atoms with Crippen LogP contribution >= 0.6 is 22.6 Å². The molecule has 19 heavy (non-hydrogen) atoms. The highest BCUT2D eigenvalue weighted by Gasteiger charge is 2.43. The fourth-order valence-corrected chi connectivity index (χ4v) is 4.01. The molecule has 1 aliphatic heterocycles. The Bertz CT molecular complexity index is 586. The minimum absolute atomic E-state index is 0.0354. The van der Waals surface area contributed by atoms with Gasteiger partial charge < -0.3 is 10.2 Å². The van der Waals surface area contributed by atoms with Crippen LogP contribution in [0.4, 0.5) is 0 Å². The molecule has 0 spiro atoms. The van der Waals surface area contributed by atoms with Crippen LogP contribution in [0.5, 0.6) is 0 Å². The van der Waals surface area contributed by atoms with Crippen molar-refractivity contribution in [2.45, 2.75) is 23.5 Å². The van der Waals surface area contributed by atoms with Crippen molar-refractivity contribution in [2.24, 2.45) is 0 Å². The summed E-state index contributed by atoms with van der Waals surface area (Å²) in [7, 11) is -3.89. The second kappa shape index (κ2) is 5.35. The number of halogens is 1. The third-order valence-corrected chi connectivity index (χ3v) is 5.55. The standard InChI is InChI=1S/C11H12INO5S/c12-7-1-3-9(4-2-7)19(17,18)13-6-8(14)5-10(13)11(15)16/h1-4,8,10,14H,5-6H2,(H,15,16)/t8-,10+/m1/s1. The highest BCUT2D eigenvalue weighted by Crippen LogP contribution is 2.26. The van der Waals surface area contributed by atoms with E-state index >= 15 is 0 Å². The summed E-state index contributed by atoms with van der Waals surface area (Å²) in [4.78, 5) is 11.1. The maximum Gasteiger partial charge on any atom is 0.322 e. The summed E-state index contributed by atoms with van der Waals surface area (Å²) in [6.45, 7) is -0.189. The van der Waals surface area contributed by atoms with Crippen LogP contribution in [0.2, 0.25) is 0 Å². The molecule has 2 atom stereocenters. The van der Waals surface area contributed by atoms with Crippen molar-refractivity contribution in [3.63, 3.8) is 0 Å². The van der Waals surface area contributed by atoms with Gasteiger partial charge in [-0.3, -0.25) is 4.79 Å². The Kier molecular flexibility index (Phi) is 4.14. The molecular weight excluding hydrogens is 385 g/mol. The molecule has 1 fully saturated rings. The van der Waals surface area contributed by atoms with E-state index in [1.54, 1.807) is 12.1 Å². The summed E-state index contributed by atoms with van der Waals surface area (Å²) in [6.07, 6.45) is -1.03. The number of rotatable bonds is 3. The lowest BCUT2D eigenvalue weighted by Crippen LogP contribution is -2.40. The number of nitrogens with zero attached hydrogens (tertiary/aromatic N) is 1. The average molecular weight is 397 g/mol. The number of carboxylic acid groups (broad SMARTS) is 1. The summed E-state index contributed by atoms with van der Waals surface area (Å²) in [6, 6.07) is 4.92. The van der Waals surface area contributed by atoms with Gasteiger partial charge in [0.1, 0.15) is 6.04 Å². The Morgan fingerprint density at radius 2 is 1.89 bits per heavy atom. The maximum absolute atomic E-state index is 12.4. The lowest BCUT2D eigenvalue weighted by atomic mass is 10.2. The zero-order chi connectivity index (χ0) is 14.2. The average Bonchev–Trinajstić information content (AvgIpc) is 2.73. The molecule has 0 aromatic heterocycles. The number of carboxylic acids is 1. The van der Waals surface area contributed by atoms with Gasteiger partial charge in [-0.05, 0) is 46.9 Å². The topological polar surface area (TPSA) is 94.9 Å². The predicted molar refractivity (Wildman–Crippen MR) is 75.1 cm³/mol. The molecule has 1 aliphatic rings. The van der Waals surface area contributed by atoms with Gasteiger partial charge in [0.05, 0.1) is 11.0 Å². The zero-order valence-corrected chi connectivity index (χ0v) is 12.7. The van der Waals surface area contributed by atoms with E-state index in [2.05, 4.69) is 0 Å². The Labute approximate surface area is 124 Å². The molecule has 104 valence electrons. The van der Waals surface area contributed by atoms with E-state index in [0.717, 1.165) is 7.88 Å². The molecular formula is C11H12INO5S. The van der Waals surface area contributed by atoms with E-state index in [4.69, 9.17) is 5.11 Å². The summed E-state index contributed by atoms with van der Waals surface area (Å²) < 4.78 is 26.4. The second-order valence-electron chi connectivity index (χ2n) is 4.27. The number of carbonyl (C=O) groups is 1. The fourth-order valence-electron chi connectivity index (χ4n) is 2.02. The number of hydrogen-bond acceptors (Lipinski definition) is 4. The monoisotopic (exact) mass is 397 g/mol. The van der Waals surface area contributed by atoms with Crippen LogP contribution in [0, 0.1) is 3.57 Å². The third-order valence-electron chi connectivity index (χ3n) is 2.94. The van der Waals surface area contributed by atoms with Gasteiger partial charge >= 0.3 is 5.97 Å². The highest BCUT2D eigenvalue weighted by atomic mass is 127.